The van der Waals surface area contributed by atoms with Crippen LogP contribution in [0.4, 0.5) is 13.2 Å². The third kappa shape index (κ3) is 3.23. The second kappa shape index (κ2) is 7.61. The van der Waals surface area contributed by atoms with E-state index in [1.165, 1.54) is 36.4 Å². The molecule has 4 rings (SSSR count). The number of hydrogen-bond acceptors (Lipinski definition) is 0. The lowest BCUT2D eigenvalue weighted by Crippen LogP contribution is -2.38. The lowest BCUT2D eigenvalue weighted by atomic mass is 10.3. The van der Waals surface area contributed by atoms with Gasteiger partial charge in [0.25, 0.3) is 0 Å². The number of benzene rings is 4. The number of hydrogen-bond donors (Lipinski definition) is 0. The summed E-state index contributed by atoms with van der Waals surface area (Å²) in [4.78, 5) is 0. The highest BCUT2D eigenvalue weighted by Gasteiger charge is 2.47. The summed E-state index contributed by atoms with van der Waals surface area (Å²) in [6.45, 7) is 0. The fourth-order valence-corrected chi connectivity index (χ4v) is 7.74. The van der Waals surface area contributed by atoms with Crippen LogP contribution in [0.1, 0.15) is 0 Å². The van der Waals surface area contributed by atoms with Gasteiger partial charge in [0.2, 0.25) is 0 Å². The Morgan fingerprint density at radius 3 is 0.964 bits per heavy atom. The Labute approximate surface area is 162 Å². The number of halogens is 3. The maximum atomic E-state index is 13.7. The molecule has 0 saturated heterocycles. The van der Waals surface area contributed by atoms with Gasteiger partial charge in [-0.25, -0.2) is 13.2 Å². The van der Waals surface area contributed by atoms with E-state index in [4.69, 9.17) is 0 Å². The molecule has 0 aromatic heterocycles. The Bertz CT molecular complexity index is 947. The van der Waals surface area contributed by atoms with Gasteiger partial charge in [0.15, 0.2) is 0 Å². The average Bonchev–Trinajstić information content (AvgIpc) is 2.73. The quantitative estimate of drug-likeness (QED) is 0.440. The minimum Gasteiger partial charge on any atom is -0.207 e. The monoisotopic (exact) mass is 393 g/mol. The molecule has 0 spiro atoms. The Kier molecular flexibility index (Phi) is 5.02. The normalized spacial score (nSPS) is 11.4. The van der Waals surface area contributed by atoms with Crippen molar-refractivity contribution in [1.29, 1.82) is 0 Å². The van der Waals surface area contributed by atoms with Crippen molar-refractivity contribution in [3.05, 3.63) is 121 Å². The zero-order valence-corrected chi connectivity index (χ0v) is 15.8. The van der Waals surface area contributed by atoms with Gasteiger partial charge in [-0.2, -0.15) is 0 Å². The third-order valence-electron chi connectivity index (χ3n) is 4.79. The van der Waals surface area contributed by atoms with Crippen LogP contribution in [0.3, 0.4) is 0 Å². The highest BCUT2D eigenvalue weighted by Crippen LogP contribution is 2.54. The van der Waals surface area contributed by atoms with Crippen LogP contribution in [0, 0.1) is 17.5 Å². The molecule has 0 heterocycles. The van der Waals surface area contributed by atoms with Gasteiger partial charge >= 0.3 is 0 Å². The van der Waals surface area contributed by atoms with Crippen LogP contribution in [0.25, 0.3) is 0 Å². The Hall–Kier alpha value is -2.90. The number of rotatable bonds is 4. The third-order valence-corrected chi connectivity index (χ3v) is 9.08. The smallest absolute Gasteiger partial charge is 0.144 e. The van der Waals surface area contributed by atoms with Crippen molar-refractivity contribution in [3.63, 3.8) is 0 Å². The van der Waals surface area contributed by atoms with E-state index in [2.05, 4.69) is 0 Å². The molecule has 0 nitrogen and oxygen atoms in total. The molecular weight excluding hydrogens is 376 g/mol. The summed E-state index contributed by atoms with van der Waals surface area (Å²) in [6.07, 6.45) is 0. The fourth-order valence-electron chi connectivity index (χ4n) is 3.54. The molecule has 0 aliphatic heterocycles. The van der Waals surface area contributed by atoms with Crippen molar-refractivity contribution >= 4 is 28.5 Å². The van der Waals surface area contributed by atoms with Gasteiger partial charge in [0.1, 0.15) is 45.9 Å². The van der Waals surface area contributed by atoms with Gasteiger partial charge < -0.3 is 0 Å². The van der Waals surface area contributed by atoms with Gasteiger partial charge in [-0.15, -0.1) is 0 Å². The van der Waals surface area contributed by atoms with Crippen LogP contribution in [0.2, 0.25) is 0 Å². The van der Waals surface area contributed by atoms with E-state index in [0.29, 0.717) is 0 Å². The van der Waals surface area contributed by atoms with Crippen LogP contribution in [0.15, 0.2) is 103 Å². The van der Waals surface area contributed by atoms with E-state index in [9.17, 15) is 13.2 Å². The largest absolute Gasteiger partial charge is 0.207 e. The average molecular weight is 393 g/mol. The highest BCUT2D eigenvalue weighted by molar-refractivity contribution is 8.01. The van der Waals surface area contributed by atoms with Crippen molar-refractivity contribution in [2.45, 2.75) is 0 Å². The van der Waals surface area contributed by atoms with Crippen molar-refractivity contribution < 1.29 is 13.2 Å². The minimum atomic E-state index is -2.47. The van der Waals surface area contributed by atoms with Crippen LogP contribution in [0.5, 0.6) is 0 Å². The summed E-state index contributed by atoms with van der Waals surface area (Å²) >= 11 is 0. The topological polar surface area (TPSA) is 0 Å². The minimum absolute atomic E-state index is 0.326. The molecule has 0 radical (unpaired) electrons. The van der Waals surface area contributed by atoms with Crippen LogP contribution in [-0.2, 0) is 0 Å². The van der Waals surface area contributed by atoms with Gasteiger partial charge in [0, 0.05) is 0 Å². The standard InChI is InChI=1S/C24H17F3P/c25-18-6-12-22(13-7-18)28(21-4-2-1-3-5-21,23-14-8-19(26)9-15-23)24-16-10-20(27)11-17-24/h1-17H/q+1. The fraction of sp³-hybridized carbons (Fsp3) is 0. The van der Waals surface area contributed by atoms with E-state index in [1.54, 1.807) is 36.4 Å². The Morgan fingerprint density at radius 2 is 0.643 bits per heavy atom. The summed E-state index contributed by atoms with van der Waals surface area (Å²) in [7, 11) is -2.47. The van der Waals surface area contributed by atoms with Crippen molar-refractivity contribution in [3.8, 4) is 0 Å². The van der Waals surface area contributed by atoms with E-state index in [0.717, 1.165) is 21.2 Å². The molecule has 0 amide bonds. The molecule has 28 heavy (non-hydrogen) atoms. The molecule has 0 N–H and O–H groups in total. The summed E-state index contributed by atoms with van der Waals surface area (Å²) in [5, 5.41) is 3.77. The molecular formula is C24H17F3P+. The lowest BCUT2D eigenvalue weighted by Gasteiger charge is -2.27. The maximum Gasteiger partial charge on any atom is 0.144 e. The molecule has 0 aliphatic rings. The van der Waals surface area contributed by atoms with E-state index < -0.39 is 7.26 Å². The summed E-state index contributed by atoms with van der Waals surface area (Å²) in [5.74, 6) is -0.977. The Balaban J connectivity index is 2.11. The predicted octanol–water partition coefficient (Wildman–Crippen LogP) is 4.72. The van der Waals surface area contributed by atoms with Crippen LogP contribution < -0.4 is 21.2 Å². The molecule has 0 saturated carbocycles. The summed E-state index contributed by atoms with van der Waals surface area (Å²) in [6, 6.07) is 29.0. The molecule has 0 aliphatic carbocycles. The summed E-state index contributed by atoms with van der Waals surface area (Å²) in [5.41, 5.74) is 0. The predicted molar refractivity (Wildman–Crippen MR) is 111 cm³/mol. The molecule has 0 atom stereocenters. The molecule has 0 bridgehead atoms. The SMILES string of the molecule is Fc1ccc([P+](c2ccccc2)(c2ccc(F)cc2)c2ccc(F)cc2)cc1. The first kappa shape index (κ1) is 18.5. The van der Waals surface area contributed by atoms with Crippen LogP contribution >= 0.6 is 7.26 Å². The zero-order valence-electron chi connectivity index (χ0n) is 14.9. The molecule has 4 heteroatoms. The first-order chi connectivity index (χ1) is 13.6. The zero-order chi connectivity index (χ0) is 19.6. The second-order valence-corrected chi connectivity index (χ2v) is 9.84. The van der Waals surface area contributed by atoms with E-state index >= 15 is 0 Å². The second-order valence-electron chi connectivity index (χ2n) is 6.44. The van der Waals surface area contributed by atoms with Crippen molar-refractivity contribution in [1.82, 2.24) is 0 Å². The molecule has 138 valence electrons. The van der Waals surface area contributed by atoms with Gasteiger partial charge in [-0.3, -0.25) is 0 Å². The van der Waals surface area contributed by atoms with E-state index in [1.807, 2.05) is 30.3 Å². The lowest BCUT2D eigenvalue weighted by molar-refractivity contribution is 0.628. The first-order valence-corrected chi connectivity index (χ1v) is 10.6. The maximum absolute atomic E-state index is 13.7. The molecule has 0 unspecified atom stereocenters. The summed E-state index contributed by atoms with van der Waals surface area (Å²) < 4.78 is 41.1. The van der Waals surface area contributed by atoms with Crippen molar-refractivity contribution in [2.24, 2.45) is 0 Å². The van der Waals surface area contributed by atoms with Gasteiger partial charge in [-0.1, -0.05) is 18.2 Å². The van der Waals surface area contributed by atoms with E-state index in [-0.39, 0.29) is 17.5 Å². The van der Waals surface area contributed by atoms with Crippen molar-refractivity contribution in [2.75, 3.05) is 0 Å². The first-order valence-electron chi connectivity index (χ1n) is 8.84. The molecule has 4 aromatic carbocycles. The van der Waals surface area contributed by atoms with Gasteiger partial charge in [0.05, 0.1) is 0 Å². The van der Waals surface area contributed by atoms with Gasteiger partial charge in [-0.05, 0) is 84.9 Å². The highest BCUT2D eigenvalue weighted by atomic mass is 31.2. The Morgan fingerprint density at radius 1 is 0.357 bits per heavy atom. The molecule has 0 fully saturated rings. The molecule has 4 aromatic rings. The van der Waals surface area contributed by atoms with Crippen LogP contribution in [-0.4, -0.2) is 0 Å².